The van der Waals surface area contributed by atoms with Crippen LogP contribution < -0.4 is 5.32 Å². The van der Waals surface area contributed by atoms with E-state index < -0.39 is 11.7 Å². The third-order valence-electron chi connectivity index (χ3n) is 1.57. The molecule has 3 nitrogen and oxygen atoms in total. The Hall–Kier alpha value is -1.38. The highest BCUT2D eigenvalue weighted by Gasteiger charge is 2.29. The van der Waals surface area contributed by atoms with Crippen LogP contribution in [0.1, 0.15) is 27.7 Å². The van der Waals surface area contributed by atoms with Crippen molar-refractivity contribution in [2.45, 2.75) is 27.7 Å². The highest BCUT2D eigenvalue weighted by molar-refractivity contribution is 6.47. The van der Waals surface area contributed by atoms with Crippen LogP contribution in [0.25, 0.3) is 0 Å². The molecule has 0 saturated carbocycles. The van der Waals surface area contributed by atoms with E-state index in [0.29, 0.717) is 11.3 Å². The summed E-state index contributed by atoms with van der Waals surface area (Å²) < 4.78 is 0. The van der Waals surface area contributed by atoms with Crippen molar-refractivity contribution in [1.82, 2.24) is 5.32 Å². The standard InChI is InChI=1S/C8H9NO2.C2H6/c1-3-5-6(4-2)9-8(11)7(5)10;1-2/h3-4H,1-2H3,(H,9,11);1-2H3/b5-3+,6-4+;. The number of nitrogens with one attached hydrogen (secondary N) is 1. The molecule has 0 atom stereocenters. The predicted molar refractivity (Wildman–Crippen MR) is 52.0 cm³/mol. The molecule has 0 unspecified atom stereocenters. The van der Waals surface area contributed by atoms with Crippen LogP contribution in [0.4, 0.5) is 0 Å². The van der Waals surface area contributed by atoms with Gasteiger partial charge in [-0.15, -0.1) is 0 Å². The van der Waals surface area contributed by atoms with Gasteiger partial charge in [0, 0.05) is 11.3 Å². The molecule has 0 bridgehead atoms. The summed E-state index contributed by atoms with van der Waals surface area (Å²) in [4.78, 5) is 21.8. The van der Waals surface area contributed by atoms with Gasteiger partial charge in [0.15, 0.2) is 0 Å². The summed E-state index contributed by atoms with van der Waals surface area (Å²) in [5, 5.41) is 2.46. The molecule has 13 heavy (non-hydrogen) atoms. The molecule has 1 aliphatic heterocycles. The molecule has 0 radical (unpaired) electrons. The second-order valence-electron chi connectivity index (χ2n) is 2.19. The average molecular weight is 181 g/mol. The predicted octanol–water partition coefficient (Wildman–Crippen LogP) is 1.56. The Morgan fingerprint density at radius 3 is 1.92 bits per heavy atom. The molecule has 1 N–H and O–H groups in total. The first kappa shape index (κ1) is 11.6. The van der Waals surface area contributed by atoms with Crippen LogP contribution in [0.5, 0.6) is 0 Å². The van der Waals surface area contributed by atoms with E-state index in [0.717, 1.165) is 0 Å². The highest BCUT2D eigenvalue weighted by atomic mass is 16.2. The molecular formula is C10H15NO2. The maximum absolute atomic E-state index is 11.0. The van der Waals surface area contributed by atoms with Gasteiger partial charge in [-0.3, -0.25) is 9.59 Å². The topological polar surface area (TPSA) is 46.2 Å². The van der Waals surface area contributed by atoms with Crippen molar-refractivity contribution in [3.05, 3.63) is 23.4 Å². The van der Waals surface area contributed by atoms with Gasteiger partial charge in [-0.2, -0.15) is 0 Å². The third-order valence-corrected chi connectivity index (χ3v) is 1.57. The quantitative estimate of drug-likeness (QED) is 0.455. The summed E-state index contributed by atoms with van der Waals surface area (Å²) in [5.74, 6) is -0.980. The number of amides is 1. The number of hydrogen-bond donors (Lipinski definition) is 1. The summed E-state index contributed by atoms with van der Waals surface area (Å²) in [6.45, 7) is 7.51. The SMILES string of the molecule is C/C=C1/NC(=O)C(=O)/C1=C/C.CC. The zero-order chi connectivity index (χ0) is 10.4. The van der Waals surface area contributed by atoms with Gasteiger partial charge in [0.25, 0.3) is 11.7 Å². The van der Waals surface area contributed by atoms with Gasteiger partial charge in [-0.05, 0) is 13.8 Å². The second kappa shape index (κ2) is 5.30. The van der Waals surface area contributed by atoms with E-state index in [1.54, 1.807) is 26.0 Å². The van der Waals surface area contributed by atoms with Gasteiger partial charge in [-0.1, -0.05) is 26.0 Å². The summed E-state index contributed by atoms with van der Waals surface area (Å²) in [6.07, 6.45) is 3.34. The minimum Gasteiger partial charge on any atom is -0.319 e. The first-order valence-corrected chi connectivity index (χ1v) is 4.39. The highest BCUT2D eigenvalue weighted by Crippen LogP contribution is 2.14. The van der Waals surface area contributed by atoms with Gasteiger partial charge in [0.1, 0.15) is 0 Å². The van der Waals surface area contributed by atoms with Crippen LogP contribution >= 0.6 is 0 Å². The van der Waals surface area contributed by atoms with Crippen molar-refractivity contribution in [2.24, 2.45) is 0 Å². The minimum absolute atomic E-state index is 0.444. The average Bonchev–Trinajstić information content (AvgIpc) is 2.46. The monoisotopic (exact) mass is 181 g/mol. The molecule has 3 heteroatoms. The molecule has 1 aliphatic rings. The molecule has 1 rings (SSSR count). The smallest absolute Gasteiger partial charge is 0.296 e. The summed E-state index contributed by atoms with van der Waals surface area (Å²) in [6, 6.07) is 0. The molecule has 1 saturated heterocycles. The molecule has 0 aliphatic carbocycles. The molecule has 0 aromatic heterocycles. The van der Waals surface area contributed by atoms with Crippen molar-refractivity contribution in [3.63, 3.8) is 0 Å². The Morgan fingerprint density at radius 1 is 1.08 bits per heavy atom. The van der Waals surface area contributed by atoms with E-state index in [2.05, 4.69) is 5.32 Å². The molecular weight excluding hydrogens is 166 g/mol. The van der Waals surface area contributed by atoms with E-state index in [4.69, 9.17) is 0 Å². The van der Waals surface area contributed by atoms with E-state index in [9.17, 15) is 9.59 Å². The lowest BCUT2D eigenvalue weighted by Crippen LogP contribution is -2.17. The molecule has 1 amide bonds. The third kappa shape index (κ3) is 2.28. The maximum Gasteiger partial charge on any atom is 0.296 e. The Labute approximate surface area is 78.5 Å². The van der Waals surface area contributed by atoms with E-state index >= 15 is 0 Å². The number of hydrogen-bond acceptors (Lipinski definition) is 2. The zero-order valence-electron chi connectivity index (χ0n) is 8.47. The van der Waals surface area contributed by atoms with Crippen molar-refractivity contribution >= 4 is 11.7 Å². The first-order chi connectivity index (χ1) is 6.20. The van der Waals surface area contributed by atoms with Gasteiger partial charge in [-0.25, -0.2) is 0 Å². The second-order valence-corrected chi connectivity index (χ2v) is 2.19. The largest absolute Gasteiger partial charge is 0.319 e. The number of carbonyl (C=O) groups is 2. The lowest BCUT2D eigenvalue weighted by Gasteiger charge is -1.92. The molecule has 0 spiro atoms. The Balaban J connectivity index is 0.000000671. The fourth-order valence-corrected chi connectivity index (χ4v) is 1.01. The van der Waals surface area contributed by atoms with Gasteiger partial charge in [0.05, 0.1) is 0 Å². The Bertz CT molecular complexity index is 275. The van der Waals surface area contributed by atoms with Crippen LogP contribution in [0.15, 0.2) is 23.4 Å². The van der Waals surface area contributed by atoms with E-state index in [1.807, 2.05) is 13.8 Å². The fraction of sp³-hybridized carbons (Fsp3) is 0.400. The lowest BCUT2D eigenvalue weighted by atomic mass is 10.1. The number of allylic oxidation sites excluding steroid dienone is 3. The van der Waals surface area contributed by atoms with Crippen molar-refractivity contribution < 1.29 is 9.59 Å². The Kier molecular flexibility index (Phi) is 4.74. The van der Waals surface area contributed by atoms with Crippen LogP contribution in [0.3, 0.4) is 0 Å². The van der Waals surface area contributed by atoms with Crippen LogP contribution in [-0.4, -0.2) is 11.7 Å². The van der Waals surface area contributed by atoms with E-state index in [-0.39, 0.29) is 0 Å². The van der Waals surface area contributed by atoms with Crippen LogP contribution in [0, 0.1) is 0 Å². The molecule has 1 fully saturated rings. The minimum atomic E-state index is -0.536. The number of carbonyl (C=O) groups excluding carboxylic acids is 2. The van der Waals surface area contributed by atoms with Gasteiger partial charge < -0.3 is 5.32 Å². The number of Topliss-reactive ketones (excluding diaryl/α,β-unsaturated/α-hetero) is 1. The first-order valence-electron chi connectivity index (χ1n) is 4.39. The van der Waals surface area contributed by atoms with Gasteiger partial charge in [0.2, 0.25) is 0 Å². The van der Waals surface area contributed by atoms with Crippen LogP contribution in [0.2, 0.25) is 0 Å². The maximum atomic E-state index is 11.0. The summed E-state index contributed by atoms with van der Waals surface area (Å²) >= 11 is 0. The van der Waals surface area contributed by atoms with Gasteiger partial charge >= 0.3 is 0 Å². The van der Waals surface area contributed by atoms with Crippen molar-refractivity contribution in [1.29, 1.82) is 0 Å². The lowest BCUT2D eigenvalue weighted by molar-refractivity contribution is -0.133. The molecule has 1 heterocycles. The molecule has 72 valence electrons. The molecule has 0 aromatic carbocycles. The summed E-state index contributed by atoms with van der Waals surface area (Å²) in [7, 11) is 0. The van der Waals surface area contributed by atoms with E-state index in [1.165, 1.54) is 0 Å². The fourth-order valence-electron chi connectivity index (χ4n) is 1.01. The zero-order valence-corrected chi connectivity index (χ0v) is 8.47. The number of ketones is 1. The Morgan fingerprint density at radius 2 is 1.62 bits per heavy atom. The number of rotatable bonds is 0. The van der Waals surface area contributed by atoms with Crippen molar-refractivity contribution in [2.75, 3.05) is 0 Å². The normalized spacial score (nSPS) is 21.5. The van der Waals surface area contributed by atoms with Crippen LogP contribution in [-0.2, 0) is 9.59 Å². The summed E-state index contributed by atoms with van der Waals surface area (Å²) in [5.41, 5.74) is 1.08. The molecule has 0 aromatic rings. The van der Waals surface area contributed by atoms with Crippen molar-refractivity contribution in [3.8, 4) is 0 Å².